The van der Waals surface area contributed by atoms with Crippen molar-refractivity contribution in [2.24, 2.45) is 0 Å². The van der Waals surface area contributed by atoms with Crippen LogP contribution in [0.25, 0.3) is 21.8 Å². The molecule has 1 saturated heterocycles. The number of aryl methyl sites for hydroxylation is 1. The zero-order valence-corrected chi connectivity index (χ0v) is 26.1. The SMILES string of the molecule is COCCCn1c(C2CCCN(C(=O)CC(Cc3ccc4ccccc4c3)NC(=O)OC(C)(C)C)C2)nc2ccc(F)cc21. The lowest BCUT2D eigenvalue weighted by atomic mass is 9.95. The van der Waals surface area contributed by atoms with Crippen molar-refractivity contribution >= 4 is 33.8 Å². The Hall–Kier alpha value is -3.98. The highest BCUT2D eigenvalue weighted by molar-refractivity contribution is 5.83. The monoisotopic (exact) mass is 602 g/mol. The van der Waals surface area contributed by atoms with Gasteiger partial charge in [0.15, 0.2) is 0 Å². The molecule has 1 aliphatic heterocycles. The van der Waals surface area contributed by atoms with Crippen molar-refractivity contribution in [2.45, 2.75) is 77.0 Å². The van der Waals surface area contributed by atoms with E-state index in [0.717, 1.165) is 52.5 Å². The summed E-state index contributed by atoms with van der Waals surface area (Å²) in [5.41, 5.74) is 1.89. The molecule has 44 heavy (non-hydrogen) atoms. The number of hydrogen-bond acceptors (Lipinski definition) is 5. The first-order chi connectivity index (χ1) is 21.1. The number of fused-ring (bicyclic) bond motifs is 2. The van der Waals surface area contributed by atoms with Gasteiger partial charge in [-0.15, -0.1) is 0 Å². The fourth-order valence-electron chi connectivity index (χ4n) is 6.08. The molecule has 0 spiro atoms. The topological polar surface area (TPSA) is 85.7 Å². The quantitative estimate of drug-likeness (QED) is 0.207. The highest BCUT2D eigenvalue weighted by Crippen LogP contribution is 2.31. The number of rotatable bonds is 10. The number of ether oxygens (including phenoxy) is 2. The zero-order chi connectivity index (χ0) is 31.3. The van der Waals surface area contributed by atoms with Gasteiger partial charge in [-0.1, -0.05) is 42.5 Å². The molecule has 234 valence electrons. The van der Waals surface area contributed by atoms with E-state index in [4.69, 9.17) is 14.5 Å². The van der Waals surface area contributed by atoms with Gasteiger partial charge in [0.25, 0.3) is 0 Å². The Morgan fingerprint density at radius 2 is 1.89 bits per heavy atom. The number of nitrogens with one attached hydrogen (secondary N) is 1. The Labute approximate surface area is 258 Å². The van der Waals surface area contributed by atoms with Crippen LogP contribution >= 0.6 is 0 Å². The molecule has 9 heteroatoms. The maximum absolute atomic E-state index is 14.2. The average Bonchev–Trinajstić information content (AvgIpc) is 3.33. The van der Waals surface area contributed by atoms with E-state index in [1.807, 2.05) is 43.9 Å². The van der Waals surface area contributed by atoms with Crippen LogP contribution in [0.4, 0.5) is 9.18 Å². The van der Waals surface area contributed by atoms with E-state index in [-0.39, 0.29) is 24.1 Å². The van der Waals surface area contributed by atoms with Gasteiger partial charge in [-0.2, -0.15) is 0 Å². The molecule has 2 amide bonds. The highest BCUT2D eigenvalue weighted by atomic mass is 19.1. The lowest BCUT2D eigenvalue weighted by Gasteiger charge is -2.34. The molecular weight excluding hydrogens is 559 g/mol. The first-order valence-corrected chi connectivity index (χ1v) is 15.5. The van der Waals surface area contributed by atoms with Crippen LogP contribution in [0.2, 0.25) is 0 Å². The van der Waals surface area contributed by atoms with Crippen molar-refractivity contribution in [1.29, 1.82) is 0 Å². The predicted octanol–water partition coefficient (Wildman–Crippen LogP) is 6.60. The molecule has 1 fully saturated rings. The number of nitrogens with zero attached hydrogens (tertiary/aromatic N) is 3. The number of halogens is 1. The third kappa shape index (κ3) is 7.94. The fraction of sp³-hybridized carbons (Fsp3) is 0.457. The van der Waals surface area contributed by atoms with Crippen molar-refractivity contribution in [3.8, 4) is 0 Å². The first kappa shape index (κ1) is 31.4. The number of hydrogen-bond donors (Lipinski definition) is 1. The number of amides is 2. The summed E-state index contributed by atoms with van der Waals surface area (Å²) in [6.07, 6.45) is 2.59. The minimum absolute atomic E-state index is 0.0171. The number of imidazole rings is 1. The Bertz CT molecular complexity index is 1610. The van der Waals surface area contributed by atoms with E-state index in [9.17, 15) is 14.0 Å². The molecule has 2 heterocycles. The molecule has 0 saturated carbocycles. The van der Waals surface area contributed by atoms with Crippen molar-refractivity contribution in [2.75, 3.05) is 26.8 Å². The number of piperidine rings is 1. The van der Waals surface area contributed by atoms with Gasteiger partial charge in [-0.05, 0) is 81.0 Å². The second kappa shape index (κ2) is 13.8. The van der Waals surface area contributed by atoms with Crippen LogP contribution in [0.1, 0.15) is 63.8 Å². The molecule has 2 atom stereocenters. The third-order valence-electron chi connectivity index (χ3n) is 8.05. The molecule has 0 aliphatic carbocycles. The van der Waals surface area contributed by atoms with E-state index < -0.39 is 17.7 Å². The number of carbonyl (C=O) groups excluding carboxylic acids is 2. The Balaban J connectivity index is 1.34. The van der Waals surface area contributed by atoms with E-state index in [2.05, 4.69) is 34.1 Å². The van der Waals surface area contributed by atoms with Crippen LogP contribution in [0.5, 0.6) is 0 Å². The standard InChI is InChI=1S/C35H43FN4O4/c1-35(2,3)44-34(42)37-29(20-24-12-13-25-9-5-6-10-26(25)19-24)22-32(41)39-16-7-11-27(23-39)33-38-30-15-14-28(36)21-31(30)40(33)17-8-18-43-4/h5-6,9-10,12-15,19,21,27,29H,7-8,11,16-18,20,22-23H2,1-4H3,(H,37,42). The summed E-state index contributed by atoms with van der Waals surface area (Å²) >= 11 is 0. The molecule has 0 radical (unpaired) electrons. The number of alkyl carbamates (subject to hydrolysis) is 1. The van der Waals surface area contributed by atoms with Gasteiger partial charge < -0.3 is 24.3 Å². The molecule has 5 rings (SSSR count). The summed E-state index contributed by atoms with van der Waals surface area (Å²) in [6.45, 7) is 7.87. The minimum Gasteiger partial charge on any atom is -0.444 e. The summed E-state index contributed by atoms with van der Waals surface area (Å²) < 4.78 is 27.1. The molecule has 1 aliphatic rings. The smallest absolute Gasteiger partial charge is 0.407 e. The number of carbonyl (C=O) groups is 2. The van der Waals surface area contributed by atoms with Crippen molar-refractivity contribution < 1.29 is 23.5 Å². The van der Waals surface area contributed by atoms with Crippen LogP contribution in [0, 0.1) is 5.82 Å². The molecular formula is C35H43FN4O4. The van der Waals surface area contributed by atoms with Crippen molar-refractivity contribution in [3.05, 3.63) is 77.9 Å². The number of methoxy groups -OCH3 is 1. The maximum Gasteiger partial charge on any atom is 0.407 e. The largest absolute Gasteiger partial charge is 0.444 e. The Kier molecular flexibility index (Phi) is 9.84. The average molecular weight is 603 g/mol. The van der Waals surface area contributed by atoms with Gasteiger partial charge in [0.2, 0.25) is 5.91 Å². The summed E-state index contributed by atoms with van der Waals surface area (Å²) in [6, 6.07) is 18.6. The normalized spacial score (nSPS) is 16.3. The minimum atomic E-state index is -0.653. The van der Waals surface area contributed by atoms with Gasteiger partial charge in [0, 0.05) is 51.7 Å². The molecule has 3 aromatic carbocycles. The van der Waals surface area contributed by atoms with Gasteiger partial charge in [-0.3, -0.25) is 4.79 Å². The van der Waals surface area contributed by atoms with Crippen LogP contribution in [0.3, 0.4) is 0 Å². The molecule has 0 bridgehead atoms. The summed E-state index contributed by atoms with van der Waals surface area (Å²) in [5.74, 6) is 0.569. The van der Waals surface area contributed by atoms with Gasteiger partial charge >= 0.3 is 6.09 Å². The lowest BCUT2D eigenvalue weighted by molar-refractivity contribution is -0.132. The highest BCUT2D eigenvalue weighted by Gasteiger charge is 2.31. The van der Waals surface area contributed by atoms with E-state index in [1.54, 1.807) is 13.2 Å². The predicted molar refractivity (Wildman–Crippen MR) is 170 cm³/mol. The summed E-state index contributed by atoms with van der Waals surface area (Å²) in [4.78, 5) is 33.4. The Morgan fingerprint density at radius 3 is 2.66 bits per heavy atom. The number of aromatic nitrogens is 2. The van der Waals surface area contributed by atoms with E-state index in [0.29, 0.717) is 32.7 Å². The van der Waals surface area contributed by atoms with Crippen LogP contribution < -0.4 is 5.32 Å². The second-order valence-corrected chi connectivity index (χ2v) is 12.7. The molecule has 8 nitrogen and oxygen atoms in total. The molecule has 4 aromatic rings. The van der Waals surface area contributed by atoms with Gasteiger partial charge in [0.05, 0.1) is 11.0 Å². The number of likely N-dealkylation sites (tertiary alicyclic amines) is 1. The second-order valence-electron chi connectivity index (χ2n) is 12.7. The Morgan fingerprint density at radius 1 is 1.09 bits per heavy atom. The lowest BCUT2D eigenvalue weighted by Crippen LogP contribution is -2.46. The third-order valence-corrected chi connectivity index (χ3v) is 8.05. The van der Waals surface area contributed by atoms with E-state index in [1.165, 1.54) is 12.1 Å². The molecule has 1 aromatic heterocycles. The van der Waals surface area contributed by atoms with Crippen molar-refractivity contribution in [1.82, 2.24) is 19.8 Å². The van der Waals surface area contributed by atoms with E-state index >= 15 is 0 Å². The van der Waals surface area contributed by atoms with Crippen LogP contribution in [-0.4, -0.2) is 64.9 Å². The van der Waals surface area contributed by atoms with Gasteiger partial charge in [-0.25, -0.2) is 14.2 Å². The number of benzene rings is 3. The van der Waals surface area contributed by atoms with Crippen LogP contribution in [0.15, 0.2) is 60.7 Å². The summed E-state index contributed by atoms with van der Waals surface area (Å²) in [5, 5.41) is 5.22. The molecule has 1 N–H and O–H groups in total. The van der Waals surface area contributed by atoms with Crippen LogP contribution in [-0.2, 0) is 27.2 Å². The fourth-order valence-corrected chi connectivity index (χ4v) is 6.08. The molecule has 2 unspecified atom stereocenters. The summed E-state index contributed by atoms with van der Waals surface area (Å²) in [7, 11) is 1.67. The maximum atomic E-state index is 14.2. The van der Waals surface area contributed by atoms with Gasteiger partial charge in [0.1, 0.15) is 17.2 Å². The first-order valence-electron chi connectivity index (χ1n) is 15.5. The van der Waals surface area contributed by atoms with Crippen molar-refractivity contribution in [3.63, 3.8) is 0 Å². The zero-order valence-electron chi connectivity index (χ0n) is 26.1.